The van der Waals surface area contributed by atoms with Crippen LogP contribution in [0.2, 0.25) is 0 Å². The van der Waals surface area contributed by atoms with Crippen LogP contribution in [0.25, 0.3) is 0 Å². The van der Waals surface area contributed by atoms with Gasteiger partial charge in [0, 0.05) is 6.07 Å². The minimum atomic E-state index is -3.81. The van der Waals surface area contributed by atoms with E-state index in [-0.39, 0.29) is 16.6 Å². The molecule has 0 bridgehead atoms. The molecule has 0 atom stereocenters. The molecule has 0 saturated carbocycles. The molecule has 1 heterocycles. The van der Waals surface area contributed by atoms with Crippen LogP contribution >= 0.6 is 0 Å². The lowest BCUT2D eigenvalue weighted by atomic mass is 10.3. The van der Waals surface area contributed by atoms with E-state index in [2.05, 4.69) is 19.9 Å². The van der Waals surface area contributed by atoms with Crippen LogP contribution in [0, 0.1) is 0 Å². The second-order valence-electron chi connectivity index (χ2n) is 3.48. The maximum atomic E-state index is 12.1. The number of aromatic nitrogens is 3. The summed E-state index contributed by atoms with van der Waals surface area (Å²) in [6, 6.07) is 4.11. The second kappa shape index (κ2) is 5.06. The lowest BCUT2D eigenvalue weighted by Gasteiger charge is -2.09. The maximum Gasteiger partial charge on any atom is 0.264 e. The van der Waals surface area contributed by atoms with Gasteiger partial charge in [-0.2, -0.15) is 5.10 Å². The molecule has 3 N–H and O–H groups in total. The number of nitrogens with two attached hydrogens (primary N) is 1. The number of hydrogen-bond donors (Lipinski definition) is 2. The molecular weight excluding hydrogens is 270 g/mol. The highest BCUT2D eigenvalue weighted by Crippen LogP contribution is 2.25. The molecule has 0 aliphatic rings. The molecule has 0 aliphatic carbocycles. The number of benzene rings is 1. The summed E-state index contributed by atoms with van der Waals surface area (Å²) < 4.78 is 31.3. The van der Waals surface area contributed by atoms with Gasteiger partial charge in [0.2, 0.25) is 0 Å². The molecule has 0 amide bonds. The van der Waals surface area contributed by atoms with E-state index in [9.17, 15) is 8.42 Å². The highest BCUT2D eigenvalue weighted by Gasteiger charge is 2.17. The van der Waals surface area contributed by atoms with E-state index in [1.165, 1.54) is 37.7 Å². The summed E-state index contributed by atoms with van der Waals surface area (Å²) in [7, 11) is -2.41. The fourth-order valence-electron chi connectivity index (χ4n) is 1.33. The number of methoxy groups -OCH3 is 1. The van der Waals surface area contributed by atoms with Crippen molar-refractivity contribution in [1.29, 1.82) is 0 Å². The lowest BCUT2D eigenvalue weighted by molar-refractivity contribution is 0.415. The SMILES string of the molecule is COc1cc(S(=O)(=O)Nc2nccnn2)ccc1N. The number of sulfonamides is 1. The van der Waals surface area contributed by atoms with Crippen LogP contribution in [-0.4, -0.2) is 30.7 Å². The molecule has 1 aromatic carbocycles. The van der Waals surface area contributed by atoms with Gasteiger partial charge in [-0.15, -0.1) is 5.10 Å². The summed E-state index contributed by atoms with van der Waals surface area (Å²) in [5, 5.41) is 7.07. The summed E-state index contributed by atoms with van der Waals surface area (Å²) in [5.74, 6) is 0.160. The van der Waals surface area contributed by atoms with Crippen molar-refractivity contribution in [2.24, 2.45) is 0 Å². The Labute approximate surface area is 109 Å². The highest BCUT2D eigenvalue weighted by atomic mass is 32.2. The smallest absolute Gasteiger partial charge is 0.264 e. The van der Waals surface area contributed by atoms with Gasteiger partial charge in [-0.05, 0) is 12.1 Å². The number of ether oxygens (including phenoxy) is 1. The van der Waals surface area contributed by atoms with E-state index >= 15 is 0 Å². The number of nitrogen functional groups attached to an aromatic ring is 1. The van der Waals surface area contributed by atoms with Crippen molar-refractivity contribution in [3.8, 4) is 5.75 Å². The molecule has 0 unspecified atom stereocenters. The topological polar surface area (TPSA) is 120 Å². The van der Waals surface area contributed by atoms with Crippen LogP contribution < -0.4 is 15.2 Å². The predicted octanol–water partition coefficient (Wildman–Crippen LogP) is 0.263. The Morgan fingerprint density at radius 3 is 2.74 bits per heavy atom. The summed E-state index contributed by atoms with van der Waals surface area (Å²) in [4.78, 5) is 3.72. The second-order valence-corrected chi connectivity index (χ2v) is 5.16. The standard InChI is InChI=1S/C10H11N5O3S/c1-18-9-6-7(2-3-8(9)11)19(16,17)15-10-12-4-5-13-14-10/h2-6H,11H2,1H3,(H,12,14,15). The minimum Gasteiger partial charge on any atom is -0.495 e. The number of anilines is 2. The Balaban J connectivity index is 2.35. The van der Waals surface area contributed by atoms with E-state index in [4.69, 9.17) is 10.5 Å². The summed E-state index contributed by atoms with van der Waals surface area (Å²) in [6.45, 7) is 0. The third-order valence-corrected chi connectivity index (χ3v) is 3.55. The fraction of sp³-hybridized carbons (Fsp3) is 0.100. The number of nitrogens with one attached hydrogen (secondary N) is 1. The van der Waals surface area contributed by atoms with Crippen molar-refractivity contribution >= 4 is 21.7 Å². The summed E-state index contributed by atoms with van der Waals surface area (Å²) in [5.41, 5.74) is 5.97. The number of nitrogens with zero attached hydrogens (tertiary/aromatic N) is 3. The Morgan fingerprint density at radius 1 is 1.32 bits per heavy atom. The van der Waals surface area contributed by atoms with Gasteiger partial charge in [0.25, 0.3) is 16.0 Å². The van der Waals surface area contributed by atoms with Gasteiger partial charge in [-0.1, -0.05) is 0 Å². The molecule has 2 aromatic rings. The Hall–Kier alpha value is -2.42. The van der Waals surface area contributed by atoms with Crippen molar-refractivity contribution in [3.05, 3.63) is 30.6 Å². The maximum absolute atomic E-state index is 12.1. The fourth-order valence-corrected chi connectivity index (χ4v) is 2.29. The molecule has 0 aliphatic heterocycles. The molecule has 9 heteroatoms. The first-order chi connectivity index (χ1) is 9.03. The number of rotatable bonds is 4. The minimum absolute atomic E-state index is 0.00833. The quantitative estimate of drug-likeness (QED) is 0.771. The van der Waals surface area contributed by atoms with Crippen LogP contribution in [0.5, 0.6) is 5.75 Å². The van der Waals surface area contributed by atoms with Gasteiger partial charge in [-0.3, -0.25) is 0 Å². The largest absolute Gasteiger partial charge is 0.495 e. The Bertz CT molecular complexity index is 675. The van der Waals surface area contributed by atoms with Gasteiger partial charge in [0.15, 0.2) is 0 Å². The van der Waals surface area contributed by atoms with E-state index in [0.717, 1.165) is 0 Å². The van der Waals surface area contributed by atoms with Gasteiger partial charge in [0.1, 0.15) is 5.75 Å². The first kappa shape index (κ1) is 13.0. The van der Waals surface area contributed by atoms with Crippen LogP contribution in [0.15, 0.2) is 35.5 Å². The first-order valence-electron chi connectivity index (χ1n) is 5.13. The van der Waals surface area contributed by atoms with Crippen molar-refractivity contribution in [3.63, 3.8) is 0 Å². The molecule has 0 fully saturated rings. The molecule has 2 rings (SSSR count). The van der Waals surface area contributed by atoms with Crippen molar-refractivity contribution < 1.29 is 13.2 Å². The van der Waals surface area contributed by atoms with Crippen LogP contribution in [0.3, 0.4) is 0 Å². The zero-order valence-corrected chi connectivity index (χ0v) is 10.8. The monoisotopic (exact) mass is 281 g/mol. The first-order valence-corrected chi connectivity index (χ1v) is 6.61. The third kappa shape index (κ3) is 2.88. The van der Waals surface area contributed by atoms with E-state index < -0.39 is 10.0 Å². The zero-order chi connectivity index (χ0) is 13.9. The van der Waals surface area contributed by atoms with Crippen LogP contribution in [-0.2, 0) is 10.0 Å². The van der Waals surface area contributed by atoms with Gasteiger partial charge >= 0.3 is 0 Å². The van der Waals surface area contributed by atoms with E-state index in [1.54, 1.807) is 0 Å². The predicted molar refractivity (Wildman–Crippen MR) is 68.0 cm³/mol. The molecule has 0 saturated heterocycles. The number of hydrogen-bond acceptors (Lipinski definition) is 7. The Kier molecular flexibility index (Phi) is 3.47. The van der Waals surface area contributed by atoms with Crippen LogP contribution in [0.1, 0.15) is 0 Å². The molecule has 8 nitrogen and oxygen atoms in total. The van der Waals surface area contributed by atoms with Gasteiger partial charge in [0.05, 0.1) is 30.1 Å². The molecule has 100 valence electrons. The summed E-state index contributed by atoms with van der Waals surface area (Å²) in [6.07, 6.45) is 2.67. The van der Waals surface area contributed by atoms with Crippen LogP contribution in [0.4, 0.5) is 11.6 Å². The van der Waals surface area contributed by atoms with Gasteiger partial charge in [-0.25, -0.2) is 18.1 Å². The molecular formula is C10H11N5O3S. The average molecular weight is 281 g/mol. The molecule has 19 heavy (non-hydrogen) atoms. The van der Waals surface area contributed by atoms with Crippen molar-refractivity contribution in [2.45, 2.75) is 4.90 Å². The molecule has 1 aromatic heterocycles. The van der Waals surface area contributed by atoms with E-state index in [1.807, 2.05) is 0 Å². The zero-order valence-electron chi connectivity index (χ0n) is 9.94. The summed E-state index contributed by atoms with van der Waals surface area (Å²) >= 11 is 0. The highest BCUT2D eigenvalue weighted by molar-refractivity contribution is 7.92. The average Bonchev–Trinajstić information content (AvgIpc) is 2.39. The normalized spacial score (nSPS) is 11.0. The third-order valence-electron chi connectivity index (χ3n) is 2.22. The Morgan fingerprint density at radius 2 is 2.11 bits per heavy atom. The van der Waals surface area contributed by atoms with Gasteiger partial charge < -0.3 is 10.5 Å². The lowest BCUT2D eigenvalue weighted by Crippen LogP contribution is -2.15. The van der Waals surface area contributed by atoms with Crippen molar-refractivity contribution in [2.75, 3.05) is 17.6 Å². The van der Waals surface area contributed by atoms with E-state index in [0.29, 0.717) is 5.69 Å². The molecule has 0 radical (unpaired) electrons. The molecule has 0 spiro atoms. The van der Waals surface area contributed by atoms with Crippen molar-refractivity contribution in [1.82, 2.24) is 15.2 Å².